The number of pyridine rings is 1. The van der Waals surface area contributed by atoms with Crippen LogP contribution in [0.3, 0.4) is 0 Å². The van der Waals surface area contributed by atoms with Gasteiger partial charge in [0.25, 0.3) is 0 Å². The van der Waals surface area contributed by atoms with Crippen LogP contribution in [0.1, 0.15) is 11.1 Å². The lowest BCUT2D eigenvalue weighted by atomic mass is 10.2. The summed E-state index contributed by atoms with van der Waals surface area (Å²) in [5.74, 6) is 0.684. The average Bonchev–Trinajstić information content (AvgIpc) is 2.69. The van der Waals surface area contributed by atoms with Crippen molar-refractivity contribution in [2.75, 3.05) is 11.1 Å². The van der Waals surface area contributed by atoms with Crippen LogP contribution in [0.4, 0.5) is 11.6 Å². The molecule has 7 heteroatoms. The van der Waals surface area contributed by atoms with Crippen LogP contribution in [0.15, 0.2) is 18.3 Å². The summed E-state index contributed by atoms with van der Waals surface area (Å²) in [5.41, 5.74) is 6.77. The van der Waals surface area contributed by atoms with Crippen LogP contribution in [0.2, 0.25) is 5.15 Å². The third-order valence-corrected chi connectivity index (χ3v) is 2.38. The van der Waals surface area contributed by atoms with Crippen LogP contribution in [0, 0.1) is 11.3 Å². The summed E-state index contributed by atoms with van der Waals surface area (Å²) in [4.78, 5) is 3.95. The second kappa shape index (κ2) is 4.72. The maximum absolute atomic E-state index is 8.86. The second-order valence-electron chi connectivity index (χ2n) is 3.32. The second-order valence-corrected chi connectivity index (χ2v) is 3.70. The van der Waals surface area contributed by atoms with E-state index < -0.39 is 0 Å². The minimum Gasteiger partial charge on any atom is -0.383 e. The number of aromatic amines is 1. The molecular weight excluding hydrogens is 240 g/mol. The van der Waals surface area contributed by atoms with Gasteiger partial charge >= 0.3 is 0 Å². The van der Waals surface area contributed by atoms with Crippen molar-refractivity contribution in [3.05, 3.63) is 34.6 Å². The summed E-state index contributed by atoms with van der Waals surface area (Å²) >= 11 is 5.67. The lowest BCUT2D eigenvalue weighted by molar-refractivity contribution is 1.04. The molecule has 0 saturated heterocycles. The minimum atomic E-state index is 0.254. The number of halogens is 1. The third-order valence-electron chi connectivity index (χ3n) is 2.15. The monoisotopic (exact) mass is 248 g/mol. The van der Waals surface area contributed by atoms with E-state index in [1.807, 2.05) is 12.1 Å². The molecule has 0 radical (unpaired) electrons. The maximum Gasteiger partial charge on any atom is 0.168 e. The molecule has 86 valence electrons. The normalized spacial score (nSPS) is 9.88. The number of rotatable bonds is 3. The summed E-state index contributed by atoms with van der Waals surface area (Å²) in [6, 6.07) is 5.51. The molecule has 0 spiro atoms. The van der Waals surface area contributed by atoms with Gasteiger partial charge in [0, 0.05) is 12.7 Å². The Bertz CT molecular complexity index is 553. The molecule has 0 aliphatic carbocycles. The van der Waals surface area contributed by atoms with Gasteiger partial charge in [0.2, 0.25) is 0 Å². The van der Waals surface area contributed by atoms with E-state index in [4.69, 9.17) is 22.6 Å². The van der Waals surface area contributed by atoms with Crippen LogP contribution in [0.25, 0.3) is 0 Å². The molecule has 2 aromatic heterocycles. The van der Waals surface area contributed by atoms with Crippen LogP contribution < -0.4 is 11.1 Å². The Morgan fingerprint density at radius 3 is 3.00 bits per heavy atom. The van der Waals surface area contributed by atoms with E-state index in [9.17, 15) is 0 Å². The standard InChI is InChI=1S/C10H9ClN6/c11-8-2-1-6(4-14-8)5-15-10-7(3-12)9(13)16-17-10/h1-2,4H,5H2,(H4,13,15,16,17). The molecule has 6 nitrogen and oxygen atoms in total. The predicted molar refractivity (Wildman–Crippen MR) is 64.3 cm³/mol. The predicted octanol–water partition coefficient (Wildman–Crippen LogP) is 1.52. The molecule has 2 heterocycles. The quantitative estimate of drug-likeness (QED) is 0.715. The topological polar surface area (TPSA) is 103 Å². The van der Waals surface area contributed by atoms with Crippen molar-refractivity contribution in [1.29, 1.82) is 5.26 Å². The first-order valence-electron chi connectivity index (χ1n) is 4.79. The fourth-order valence-corrected chi connectivity index (χ4v) is 1.41. The molecule has 0 aliphatic heterocycles. The molecule has 0 amide bonds. The molecule has 0 bridgehead atoms. The first kappa shape index (κ1) is 11.2. The number of nitrogens with zero attached hydrogens (tertiary/aromatic N) is 3. The fraction of sp³-hybridized carbons (Fsp3) is 0.100. The third kappa shape index (κ3) is 2.46. The number of aromatic nitrogens is 3. The Labute approximate surface area is 102 Å². The van der Waals surface area contributed by atoms with Gasteiger partial charge < -0.3 is 11.1 Å². The highest BCUT2D eigenvalue weighted by Gasteiger charge is 2.09. The Balaban J connectivity index is 2.08. The van der Waals surface area contributed by atoms with Gasteiger partial charge in [0.05, 0.1) is 0 Å². The highest BCUT2D eigenvalue weighted by molar-refractivity contribution is 6.29. The largest absolute Gasteiger partial charge is 0.383 e. The Morgan fingerprint density at radius 2 is 2.35 bits per heavy atom. The number of nitriles is 1. The summed E-state index contributed by atoms with van der Waals surface area (Å²) in [6.07, 6.45) is 1.65. The van der Waals surface area contributed by atoms with Crippen LogP contribution in [-0.2, 0) is 6.54 Å². The zero-order valence-corrected chi connectivity index (χ0v) is 9.49. The average molecular weight is 249 g/mol. The number of nitrogen functional groups attached to an aromatic ring is 1. The highest BCUT2D eigenvalue weighted by atomic mass is 35.5. The van der Waals surface area contributed by atoms with Crippen molar-refractivity contribution in [2.24, 2.45) is 0 Å². The van der Waals surface area contributed by atoms with Gasteiger partial charge in [-0.15, -0.1) is 0 Å². The van der Waals surface area contributed by atoms with Crippen LogP contribution >= 0.6 is 11.6 Å². The van der Waals surface area contributed by atoms with Gasteiger partial charge in [-0.05, 0) is 11.6 Å². The van der Waals surface area contributed by atoms with E-state index in [1.54, 1.807) is 12.3 Å². The minimum absolute atomic E-state index is 0.254. The zero-order chi connectivity index (χ0) is 12.3. The Kier molecular flexibility index (Phi) is 3.12. The molecule has 17 heavy (non-hydrogen) atoms. The summed E-state index contributed by atoms with van der Waals surface area (Å²) in [7, 11) is 0. The SMILES string of the molecule is N#Cc1c(NCc2ccc(Cl)nc2)n[nH]c1N. The number of anilines is 2. The van der Waals surface area contributed by atoms with E-state index in [-0.39, 0.29) is 5.82 Å². The summed E-state index contributed by atoms with van der Waals surface area (Å²) < 4.78 is 0. The van der Waals surface area contributed by atoms with E-state index >= 15 is 0 Å². The molecule has 0 aliphatic rings. The number of nitrogens with two attached hydrogens (primary N) is 1. The Hall–Kier alpha value is -2.26. The van der Waals surface area contributed by atoms with Gasteiger partial charge in [0.15, 0.2) is 5.82 Å². The first-order chi connectivity index (χ1) is 8.20. The molecule has 0 fully saturated rings. The van der Waals surface area contributed by atoms with Crippen molar-refractivity contribution in [2.45, 2.75) is 6.54 Å². The van der Waals surface area contributed by atoms with Crippen LogP contribution in [-0.4, -0.2) is 15.2 Å². The lowest BCUT2D eigenvalue weighted by Crippen LogP contribution is -2.01. The van der Waals surface area contributed by atoms with Gasteiger partial charge in [-0.3, -0.25) is 5.10 Å². The lowest BCUT2D eigenvalue weighted by Gasteiger charge is -2.03. The van der Waals surface area contributed by atoms with Crippen molar-refractivity contribution in [1.82, 2.24) is 15.2 Å². The molecule has 2 rings (SSSR count). The van der Waals surface area contributed by atoms with E-state index in [0.29, 0.717) is 23.1 Å². The molecule has 0 unspecified atom stereocenters. The van der Waals surface area contributed by atoms with Gasteiger partial charge in [-0.1, -0.05) is 17.7 Å². The molecule has 0 aromatic carbocycles. The Morgan fingerprint density at radius 1 is 1.53 bits per heavy atom. The van der Waals surface area contributed by atoms with Gasteiger partial charge in [-0.25, -0.2) is 4.98 Å². The van der Waals surface area contributed by atoms with Crippen molar-refractivity contribution < 1.29 is 0 Å². The number of hydrogen-bond acceptors (Lipinski definition) is 5. The van der Waals surface area contributed by atoms with E-state index in [2.05, 4.69) is 20.5 Å². The maximum atomic E-state index is 8.86. The summed E-state index contributed by atoms with van der Waals surface area (Å²) in [6.45, 7) is 0.489. The molecule has 0 saturated carbocycles. The van der Waals surface area contributed by atoms with E-state index in [1.165, 1.54) is 0 Å². The highest BCUT2D eigenvalue weighted by Crippen LogP contribution is 2.17. The van der Waals surface area contributed by atoms with Crippen molar-refractivity contribution >= 4 is 23.2 Å². The van der Waals surface area contributed by atoms with Crippen molar-refractivity contribution in [3.63, 3.8) is 0 Å². The zero-order valence-electron chi connectivity index (χ0n) is 8.74. The number of nitrogens with one attached hydrogen (secondary N) is 2. The van der Waals surface area contributed by atoms with Gasteiger partial charge in [-0.2, -0.15) is 10.4 Å². The summed E-state index contributed by atoms with van der Waals surface area (Å²) in [5, 5.41) is 18.7. The van der Waals surface area contributed by atoms with Crippen LogP contribution in [0.5, 0.6) is 0 Å². The van der Waals surface area contributed by atoms with Crippen molar-refractivity contribution in [3.8, 4) is 6.07 Å². The fourth-order valence-electron chi connectivity index (χ4n) is 1.29. The smallest absolute Gasteiger partial charge is 0.168 e. The molecule has 4 N–H and O–H groups in total. The van der Waals surface area contributed by atoms with E-state index in [0.717, 1.165) is 5.56 Å². The molecule has 2 aromatic rings. The number of H-pyrrole nitrogens is 1. The van der Waals surface area contributed by atoms with Gasteiger partial charge in [0.1, 0.15) is 22.6 Å². The molecular formula is C10H9ClN6. The number of hydrogen-bond donors (Lipinski definition) is 3. The first-order valence-corrected chi connectivity index (χ1v) is 5.16. The molecule has 0 atom stereocenters.